The summed E-state index contributed by atoms with van der Waals surface area (Å²) >= 11 is 0. The molecule has 2 rings (SSSR count). The highest BCUT2D eigenvalue weighted by atomic mass is 16.5. The molecule has 18 heavy (non-hydrogen) atoms. The van der Waals surface area contributed by atoms with Crippen molar-refractivity contribution < 1.29 is 14.6 Å². The molecule has 0 radical (unpaired) electrons. The largest absolute Gasteiger partial charge is 0.392 e. The van der Waals surface area contributed by atoms with Gasteiger partial charge in [0.2, 0.25) is 0 Å². The molecule has 1 aliphatic rings. The predicted octanol–water partition coefficient (Wildman–Crippen LogP) is 1.85. The fraction of sp³-hybridized carbons (Fsp3) is 0.500. The Bertz CT molecular complexity index is 445. The van der Waals surface area contributed by atoms with E-state index >= 15 is 0 Å². The zero-order valence-corrected chi connectivity index (χ0v) is 10.8. The van der Waals surface area contributed by atoms with E-state index in [0.29, 0.717) is 6.61 Å². The van der Waals surface area contributed by atoms with Gasteiger partial charge in [0, 0.05) is 12.3 Å². The van der Waals surface area contributed by atoms with Crippen molar-refractivity contribution in [3.8, 4) is 0 Å². The van der Waals surface area contributed by atoms with Gasteiger partial charge in [0.05, 0.1) is 6.61 Å². The molecule has 4 nitrogen and oxygen atoms in total. The minimum absolute atomic E-state index is 0.0283. The van der Waals surface area contributed by atoms with E-state index in [9.17, 15) is 4.79 Å². The highest BCUT2D eigenvalue weighted by molar-refractivity contribution is 5.95. The molecule has 1 heterocycles. The Morgan fingerprint density at radius 2 is 2.33 bits per heavy atom. The number of aliphatic hydroxyl groups excluding tert-OH is 1. The summed E-state index contributed by atoms with van der Waals surface area (Å²) in [5, 5.41) is 12.0. The number of hydrogen-bond donors (Lipinski definition) is 2. The van der Waals surface area contributed by atoms with Gasteiger partial charge in [-0.15, -0.1) is 0 Å². The molecule has 1 fully saturated rings. The van der Waals surface area contributed by atoms with Gasteiger partial charge in [0.15, 0.2) is 0 Å². The molecule has 1 aliphatic heterocycles. The van der Waals surface area contributed by atoms with Crippen LogP contribution in [0.5, 0.6) is 0 Å². The molecule has 1 amide bonds. The van der Waals surface area contributed by atoms with Crippen molar-refractivity contribution in [2.45, 2.75) is 33.0 Å². The number of hydrogen-bond acceptors (Lipinski definition) is 3. The summed E-state index contributed by atoms with van der Waals surface area (Å²) in [5.41, 5.74) is 2.51. The maximum Gasteiger partial charge on any atom is 0.253 e. The standard InChI is InChI=1S/C14H19NO3/c1-9-3-4-11(8-16)7-12(9)15-14(17)13-10(2)5-6-18-13/h3-4,7,10,13,16H,5-6,8H2,1-2H3,(H,15,17). The lowest BCUT2D eigenvalue weighted by Crippen LogP contribution is -2.31. The average Bonchev–Trinajstić information content (AvgIpc) is 2.78. The SMILES string of the molecule is Cc1ccc(CO)cc1NC(=O)C1OCCC1C. The number of carbonyl (C=O) groups is 1. The summed E-state index contributed by atoms with van der Waals surface area (Å²) in [4.78, 5) is 12.1. The lowest BCUT2D eigenvalue weighted by molar-refractivity contribution is -0.126. The molecule has 0 saturated carbocycles. The summed E-state index contributed by atoms with van der Waals surface area (Å²) in [6.45, 7) is 4.57. The van der Waals surface area contributed by atoms with Gasteiger partial charge in [-0.3, -0.25) is 4.79 Å². The monoisotopic (exact) mass is 249 g/mol. The molecule has 0 aromatic heterocycles. The number of carbonyl (C=O) groups excluding carboxylic acids is 1. The summed E-state index contributed by atoms with van der Waals surface area (Å²) in [6.07, 6.45) is 0.565. The van der Waals surface area contributed by atoms with Crippen LogP contribution in [0.4, 0.5) is 5.69 Å². The van der Waals surface area contributed by atoms with Crippen molar-refractivity contribution in [3.05, 3.63) is 29.3 Å². The van der Waals surface area contributed by atoms with Crippen LogP contribution in [0, 0.1) is 12.8 Å². The van der Waals surface area contributed by atoms with Crippen molar-refractivity contribution in [1.29, 1.82) is 0 Å². The highest BCUT2D eigenvalue weighted by Gasteiger charge is 2.30. The molecule has 2 unspecified atom stereocenters. The van der Waals surface area contributed by atoms with Crippen LogP contribution in [0.1, 0.15) is 24.5 Å². The normalized spacial score (nSPS) is 23.1. The van der Waals surface area contributed by atoms with E-state index < -0.39 is 0 Å². The molecule has 1 aromatic rings. The number of aryl methyl sites for hydroxylation is 1. The number of amides is 1. The van der Waals surface area contributed by atoms with Crippen LogP contribution in [-0.4, -0.2) is 23.7 Å². The van der Waals surface area contributed by atoms with Crippen LogP contribution in [0.25, 0.3) is 0 Å². The van der Waals surface area contributed by atoms with Gasteiger partial charge in [-0.25, -0.2) is 0 Å². The third-order valence-electron chi connectivity index (χ3n) is 3.39. The molecular weight excluding hydrogens is 230 g/mol. The number of nitrogens with one attached hydrogen (secondary N) is 1. The first-order valence-electron chi connectivity index (χ1n) is 6.24. The van der Waals surface area contributed by atoms with E-state index in [1.54, 1.807) is 6.07 Å². The second kappa shape index (κ2) is 5.50. The minimum atomic E-state index is -0.359. The quantitative estimate of drug-likeness (QED) is 0.859. The van der Waals surface area contributed by atoms with Crippen LogP contribution in [0.2, 0.25) is 0 Å². The first-order chi connectivity index (χ1) is 8.61. The van der Waals surface area contributed by atoms with E-state index in [2.05, 4.69) is 5.32 Å². The van der Waals surface area contributed by atoms with E-state index in [4.69, 9.17) is 9.84 Å². The smallest absolute Gasteiger partial charge is 0.253 e. The van der Waals surface area contributed by atoms with Crippen LogP contribution in [0.3, 0.4) is 0 Å². The van der Waals surface area contributed by atoms with Crippen molar-refractivity contribution in [2.75, 3.05) is 11.9 Å². The average molecular weight is 249 g/mol. The zero-order chi connectivity index (χ0) is 13.1. The van der Waals surface area contributed by atoms with Gasteiger partial charge < -0.3 is 15.2 Å². The fourth-order valence-corrected chi connectivity index (χ4v) is 2.14. The molecule has 0 spiro atoms. The van der Waals surface area contributed by atoms with Crippen molar-refractivity contribution in [1.82, 2.24) is 0 Å². The molecule has 98 valence electrons. The number of aliphatic hydroxyl groups is 1. The van der Waals surface area contributed by atoms with Crippen LogP contribution in [-0.2, 0) is 16.1 Å². The summed E-state index contributed by atoms with van der Waals surface area (Å²) in [5.74, 6) is 0.157. The number of ether oxygens (including phenoxy) is 1. The Balaban J connectivity index is 2.11. The van der Waals surface area contributed by atoms with E-state index in [-0.39, 0.29) is 24.5 Å². The third-order valence-corrected chi connectivity index (χ3v) is 3.39. The van der Waals surface area contributed by atoms with Crippen molar-refractivity contribution in [3.63, 3.8) is 0 Å². The molecule has 2 N–H and O–H groups in total. The fourth-order valence-electron chi connectivity index (χ4n) is 2.14. The lowest BCUT2D eigenvalue weighted by Gasteiger charge is -2.16. The van der Waals surface area contributed by atoms with Crippen molar-refractivity contribution >= 4 is 11.6 Å². The number of anilines is 1. The van der Waals surface area contributed by atoms with Crippen LogP contribution >= 0.6 is 0 Å². The van der Waals surface area contributed by atoms with Gasteiger partial charge >= 0.3 is 0 Å². The zero-order valence-electron chi connectivity index (χ0n) is 10.8. The van der Waals surface area contributed by atoms with Gasteiger partial charge in [-0.2, -0.15) is 0 Å². The number of rotatable bonds is 3. The Morgan fingerprint density at radius 3 is 2.94 bits per heavy atom. The first kappa shape index (κ1) is 13.1. The van der Waals surface area contributed by atoms with E-state index in [1.807, 2.05) is 26.0 Å². The van der Waals surface area contributed by atoms with Gasteiger partial charge in [-0.05, 0) is 36.5 Å². The second-order valence-corrected chi connectivity index (χ2v) is 4.85. The predicted molar refractivity (Wildman–Crippen MR) is 69.3 cm³/mol. The second-order valence-electron chi connectivity index (χ2n) is 4.85. The minimum Gasteiger partial charge on any atom is -0.392 e. The van der Waals surface area contributed by atoms with Crippen LogP contribution < -0.4 is 5.32 Å². The van der Waals surface area contributed by atoms with Gasteiger partial charge in [0.1, 0.15) is 6.10 Å². The Labute approximate surface area is 107 Å². The van der Waals surface area contributed by atoms with Crippen LogP contribution in [0.15, 0.2) is 18.2 Å². The van der Waals surface area contributed by atoms with Crippen molar-refractivity contribution in [2.24, 2.45) is 5.92 Å². The Hall–Kier alpha value is -1.39. The van der Waals surface area contributed by atoms with E-state index in [1.165, 1.54) is 0 Å². The Morgan fingerprint density at radius 1 is 1.56 bits per heavy atom. The maximum atomic E-state index is 12.1. The first-order valence-corrected chi connectivity index (χ1v) is 6.24. The molecule has 1 saturated heterocycles. The Kier molecular flexibility index (Phi) is 3.99. The number of benzene rings is 1. The topological polar surface area (TPSA) is 58.6 Å². The summed E-state index contributed by atoms with van der Waals surface area (Å²) in [7, 11) is 0. The van der Waals surface area contributed by atoms with E-state index in [0.717, 1.165) is 23.2 Å². The molecule has 0 aliphatic carbocycles. The van der Waals surface area contributed by atoms with Gasteiger partial charge in [-0.1, -0.05) is 19.1 Å². The molecule has 4 heteroatoms. The maximum absolute atomic E-state index is 12.1. The molecule has 2 atom stereocenters. The third kappa shape index (κ3) is 2.71. The summed E-state index contributed by atoms with van der Waals surface area (Å²) < 4.78 is 5.43. The summed E-state index contributed by atoms with van der Waals surface area (Å²) in [6, 6.07) is 5.53. The lowest BCUT2D eigenvalue weighted by atomic mass is 10.0. The highest BCUT2D eigenvalue weighted by Crippen LogP contribution is 2.23. The van der Waals surface area contributed by atoms with Gasteiger partial charge in [0.25, 0.3) is 5.91 Å². The molecule has 0 bridgehead atoms. The molecular formula is C14H19NO3. The molecule has 1 aromatic carbocycles.